The van der Waals surface area contributed by atoms with Crippen molar-refractivity contribution in [3.8, 4) is 0 Å². The Morgan fingerprint density at radius 1 is 1.26 bits per heavy atom. The number of benzene rings is 1. The van der Waals surface area contributed by atoms with Crippen molar-refractivity contribution in [2.45, 2.75) is 32.7 Å². The summed E-state index contributed by atoms with van der Waals surface area (Å²) >= 11 is 5.80. The van der Waals surface area contributed by atoms with Crippen LogP contribution in [0.4, 0.5) is 0 Å². The van der Waals surface area contributed by atoms with E-state index in [2.05, 4.69) is 5.32 Å². The van der Waals surface area contributed by atoms with Gasteiger partial charge in [0.2, 0.25) is 5.91 Å². The molecule has 104 valence electrons. The standard InChI is InChI=1S/C14H18ClNO3/c1-9(7-11-3-5-12(15)6-4-11)8-13(17)16-10(2)14(18)19/h3-6,9-10H,7-8H2,1-2H3,(H,16,17)(H,18,19). The Labute approximate surface area is 117 Å². The maximum absolute atomic E-state index is 11.6. The normalized spacial score (nSPS) is 13.6. The number of hydrogen-bond acceptors (Lipinski definition) is 2. The van der Waals surface area contributed by atoms with Crippen LogP contribution >= 0.6 is 11.6 Å². The van der Waals surface area contributed by atoms with E-state index in [0.717, 1.165) is 12.0 Å². The molecule has 0 bridgehead atoms. The predicted molar refractivity (Wildman–Crippen MR) is 74.2 cm³/mol. The Bertz CT molecular complexity index is 445. The van der Waals surface area contributed by atoms with Crippen LogP contribution in [0.15, 0.2) is 24.3 Å². The van der Waals surface area contributed by atoms with Crippen molar-refractivity contribution in [3.05, 3.63) is 34.9 Å². The number of amides is 1. The highest BCUT2D eigenvalue weighted by Gasteiger charge is 2.16. The summed E-state index contributed by atoms with van der Waals surface area (Å²) in [6.07, 6.45) is 1.06. The first-order valence-corrected chi connectivity index (χ1v) is 6.53. The fraction of sp³-hybridized carbons (Fsp3) is 0.429. The number of carbonyl (C=O) groups is 2. The second-order valence-electron chi connectivity index (χ2n) is 4.77. The number of aliphatic carboxylic acids is 1. The molecule has 4 nitrogen and oxygen atoms in total. The molecule has 1 aromatic carbocycles. The highest BCUT2D eigenvalue weighted by atomic mass is 35.5. The van der Waals surface area contributed by atoms with Crippen LogP contribution in [0, 0.1) is 5.92 Å². The molecule has 0 saturated carbocycles. The number of nitrogens with one attached hydrogen (secondary N) is 1. The first-order valence-electron chi connectivity index (χ1n) is 6.15. The lowest BCUT2D eigenvalue weighted by Gasteiger charge is -2.13. The molecule has 2 atom stereocenters. The molecule has 0 aliphatic heterocycles. The van der Waals surface area contributed by atoms with Crippen LogP contribution in [0.1, 0.15) is 25.8 Å². The van der Waals surface area contributed by atoms with Gasteiger partial charge < -0.3 is 10.4 Å². The van der Waals surface area contributed by atoms with Crippen molar-refractivity contribution in [2.75, 3.05) is 0 Å². The van der Waals surface area contributed by atoms with Gasteiger partial charge in [-0.3, -0.25) is 9.59 Å². The van der Waals surface area contributed by atoms with E-state index in [1.54, 1.807) is 0 Å². The van der Waals surface area contributed by atoms with Gasteiger partial charge in [0.15, 0.2) is 0 Å². The zero-order valence-electron chi connectivity index (χ0n) is 11.0. The third-order valence-electron chi connectivity index (χ3n) is 2.78. The Morgan fingerprint density at radius 3 is 2.37 bits per heavy atom. The number of hydrogen-bond donors (Lipinski definition) is 2. The van der Waals surface area contributed by atoms with Gasteiger partial charge in [0.1, 0.15) is 6.04 Å². The molecule has 1 rings (SSSR count). The number of halogens is 1. The number of carboxylic acids is 1. The van der Waals surface area contributed by atoms with Gasteiger partial charge >= 0.3 is 5.97 Å². The van der Waals surface area contributed by atoms with Gasteiger partial charge in [0.05, 0.1) is 0 Å². The van der Waals surface area contributed by atoms with E-state index in [9.17, 15) is 9.59 Å². The van der Waals surface area contributed by atoms with Gasteiger partial charge in [-0.2, -0.15) is 0 Å². The van der Waals surface area contributed by atoms with E-state index in [1.807, 2.05) is 31.2 Å². The Hall–Kier alpha value is -1.55. The van der Waals surface area contributed by atoms with E-state index in [-0.39, 0.29) is 11.8 Å². The van der Waals surface area contributed by atoms with Crippen LogP contribution in [0.25, 0.3) is 0 Å². The summed E-state index contributed by atoms with van der Waals surface area (Å²) in [6, 6.07) is 6.63. The van der Waals surface area contributed by atoms with E-state index < -0.39 is 12.0 Å². The topological polar surface area (TPSA) is 66.4 Å². The van der Waals surface area contributed by atoms with Crippen molar-refractivity contribution >= 4 is 23.5 Å². The lowest BCUT2D eigenvalue weighted by Crippen LogP contribution is -2.39. The predicted octanol–water partition coefficient (Wildman–Crippen LogP) is 2.50. The summed E-state index contributed by atoms with van der Waals surface area (Å²) < 4.78 is 0. The van der Waals surface area contributed by atoms with Crippen LogP contribution in [0.2, 0.25) is 5.02 Å². The van der Waals surface area contributed by atoms with Crippen molar-refractivity contribution in [3.63, 3.8) is 0 Å². The zero-order valence-corrected chi connectivity index (χ0v) is 11.8. The minimum Gasteiger partial charge on any atom is -0.480 e. The molecule has 1 amide bonds. The smallest absolute Gasteiger partial charge is 0.325 e. The molecular formula is C14H18ClNO3. The van der Waals surface area contributed by atoms with Crippen LogP contribution < -0.4 is 5.32 Å². The monoisotopic (exact) mass is 283 g/mol. The third-order valence-corrected chi connectivity index (χ3v) is 3.03. The average molecular weight is 284 g/mol. The summed E-state index contributed by atoms with van der Waals surface area (Å²) in [7, 11) is 0. The maximum atomic E-state index is 11.6. The summed E-state index contributed by atoms with van der Waals surface area (Å²) in [5.74, 6) is -1.13. The molecule has 0 fully saturated rings. The summed E-state index contributed by atoms with van der Waals surface area (Å²) in [5.41, 5.74) is 1.11. The van der Waals surface area contributed by atoms with Crippen molar-refractivity contribution in [1.29, 1.82) is 0 Å². The molecule has 0 aliphatic rings. The number of carboxylic acid groups (broad SMARTS) is 1. The lowest BCUT2D eigenvalue weighted by molar-refractivity contribution is -0.141. The fourth-order valence-corrected chi connectivity index (χ4v) is 1.90. The Kier molecular flexibility index (Phi) is 5.83. The summed E-state index contributed by atoms with van der Waals surface area (Å²) in [4.78, 5) is 22.2. The highest BCUT2D eigenvalue weighted by molar-refractivity contribution is 6.30. The van der Waals surface area contributed by atoms with Gasteiger partial charge in [-0.05, 0) is 37.0 Å². The van der Waals surface area contributed by atoms with E-state index in [0.29, 0.717) is 11.4 Å². The Balaban J connectivity index is 2.42. The summed E-state index contributed by atoms with van der Waals surface area (Å²) in [6.45, 7) is 3.41. The van der Waals surface area contributed by atoms with Crippen LogP contribution in [-0.2, 0) is 16.0 Å². The largest absolute Gasteiger partial charge is 0.480 e. The van der Waals surface area contributed by atoms with Gasteiger partial charge in [0.25, 0.3) is 0 Å². The van der Waals surface area contributed by atoms with Gasteiger partial charge in [0, 0.05) is 11.4 Å². The van der Waals surface area contributed by atoms with Crippen LogP contribution in [0.3, 0.4) is 0 Å². The van der Waals surface area contributed by atoms with E-state index >= 15 is 0 Å². The molecule has 5 heteroatoms. The van der Waals surface area contributed by atoms with Crippen LogP contribution in [-0.4, -0.2) is 23.0 Å². The van der Waals surface area contributed by atoms with Crippen LogP contribution in [0.5, 0.6) is 0 Å². The molecule has 19 heavy (non-hydrogen) atoms. The first kappa shape index (κ1) is 15.5. The maximum Gasteiger partial charge on any atom is 0.325 e. The van der Waals surface area contributed by atoms with Crippen molar-refractivity contribution in [2.24, 2.45) is 5.92 Å². The molecule has 2 unspecified atom stereocenters. The second kappa shape index (κ2) is 7.14. The second-order valence-corrected chi connectivity index (χ2v) is 5.20. The molecule has 0 heterocycles. The number of rotatable bonds is 6. The molecule has 1 aromatic rings. The molecule has 2 N–H and O–H groups in total. The van der Waals surface area contributed by atoms with Crippen molar-refractivity contribution in [1.82, 2.24) is 5.32 Å². The van der Waals surface area contributed by atoms with Crippen molar-refractivity contribution < 1.29 is 14.7 Å². The summed E-state index contributed by atoms with van der Waals surface area (Å²) in [5, 5.41) is 11.8. The molecular weight excluding hydrogens is 266 g/mol. The molecule has 0 aliphatic carbocycles. The minimum atomic E-state index is -1.03. The van der Waals surface area contributed by atoms with E-state index in [1.165, 1.54) is 6.92 Å². The minimum absolute atomic E-state index is 0.141. The highest BCUT2D eigenvalue weighted by Crippen LogP contribution is 2.15. The van der Waals surface area contributed by atoms with Gasteiger partial charge in [-0.15, -0.1) is 0 Å². The zero-order chi connectivity index (χ0) is 14.4. The molecule has 0 spiro atoms. The quantitative estimate of drug-likeness (QED) is 0.843. The number of carbonyl (C=O) groups excluding carboxylic acids is 1. The van der Waals surface area contributed by atoms with Gasteiger partial charge in [-0.25, -0.2) is 0 Å². The Morgan fingerprint density at radius 2 is 1.84 bits per heavy atom. The lowest BCUT2D eigenvalue weighted by atomic mass is 9.98. The molecule has 0 saturated heterocycles. The first-order chi connectivity index (χ1) is 8.88. The van der Waals surface area contributed by atoms with Gasteiger partial charge in [-0.1, -0.05) is 30.7 Å². The molecule has 0 aromatic heterocycles. The molecule has 0 radical (unpaired) electrons. The SMILES string of the molecule is CC(CC(=O)NC(C)C(=O)O)Cc1ccc(Cl)cc1. The fourth-order valence-electron chi connectivity index (χ4n) is 1.77. The third kappa shape index (κ3) is 5.75. The van der Waals surface area contributed by atoms with E-state index in [4.69, 9.17) is 16.7 Å². The average Bonchev–Trinajstić information content (AvgIpc) is 2.31.